The van der Waals surface area contributed by atoms with Crippen LogP contribution in [0.15, 0.2) is 54.7 Å². The lowest BCUT2D eigenvalue weighted by Gasteiger charge is -2.47. The number of carboxylic acid groups (broad SMARTS) is 1. The van der Waals surface area contributed by atoms with Crippen molar-refractivity contribution in [3.8, 4) is 11.5 Å². The van der Waals surface area contributed by atoms with Gasteiger partial charge in [0, 0.05) is 28.2 Å². The van der Waals surface area contributed by atoms with Gasteiger partial charge in [-0.25, -0.2) is 4.79 Å². The smallest absolute Gasteiger partial charge is 0.329 e. The van der Waals surface area contributed by atoms with Crippen molar-refractivity contribution in [3.05, 3.63) is 82.1 Å². The standard InChI is InChI=1S/C40H48ClN3O5/c1-25(23-48-34-11-18-43-33-8-3-5-26(2)35(33)34)19-28-20-27-9-10-31(49-24-38(12-13-38)36(42)45)22-32(27)39(28)14-16-40(17-15-39,37(46)47)44-30-7-4-6-29(41)21-30/h4,6-7,9-11,18,21-22,25-26,28,44H,3,5,8,12-17,19-20,23-24H2,1-2H3,(H2,42,45)(H,46,47)/t25-,26-,28+,39?,40?/m1/s1. The van der Waals surface area contributed by atoms with Gasteiger partial charge in [0.1, 0.15) is 23.6 Å². The quantitative estimate of drug-likeness (QED) is 0.177. The fourth-order valence-electron chi connectivity index (χ4n) is 9.00. The minimum absolute atomic E-state index is 0.205. The number of hydrogen-bond donors (Lipinski definition) is 3. The number of fused-ring (bicyclic) bond motifs is 3. The van der Waals surface area contributed by atoms with Crippen LogP contribution in [0.1, 0.15) is 99.9 Å². The summed E-state index contributed by atoms with van der Waals surface area (Å²) in [6.07, 6.45) is 11.0. The topological polar surface area (TPSA) is 124 Å². The summed E-state index contributed by atoms with van der Waals surface area (Å²) in [6.45, 7) is 5.44. The zero-order valence-electron chi connectivity index (χ0n) is 28.6. The van der Waals surface area contributed by atoms with E-state index in [9.17, 15) is 14.7 Å². The van der Waals surface area contributed by atoms with E-state index in [2.05, 4.69) is 36.3 Å². The largest absolute Gasteiger partial charge is 0.493 e. The highest BCUT2D eigenvalue weighted by Crippen LogP contribution is 2.57. The number of primary amides is 1. The number of aliphatic carboxylic acids is 1. The number of ether oxygens (including phenoxy) is 2. The van der Waals surface area contributed by atoms with Gasteiger partial charge < -0.3 is 25.6 Å². The summed E-state index contributed by atoms with van der Waals surface area (Å²) in [5, 5.41) is 14.5. The summed E-state index contributed by atoms with van der Waals surface area (Å²) in [7, 11) is 0. The molecule has 8 nitrogen and oxygen atoms in total. The van der Waals surface area contributed by atoms with Crippen LogP contribution in [-0.4, -0.2) is 40.7 Å². The first-order valence-corrected chi connectivity index (χ1v) is 18.3. The van der Waals surface area contributed by atoms with E-state index in [1.165, 1.54) is 28.8 Å². The van der Waals surface area contributed by atoms with E-state index in [0.717, 1.165) is 62.9 Å². The van der Waals surface area contributed by atoms with Crippen molar-refractivity contribution in [1.82, 2.24) is 4.98 Å². The third-order valence-corrected chi connectivity index (χ3v) is 12.4. The summed E-state index contributed by atoms with van der Waals surface area (Å²) < 4.78 is 12.8. The first-order valence-electron chi connectivity index (χ1n) is 18.0. The van der Waals surface area contributed by atoms with E-state index in [0.29, 0.717) is 42.0 Å². The highest BCUT2D eigenvalue weighted by Gasteiger charge is 2.54. The predicted octanol–water partition coefficient (Wildman–Crippen LogP) is 7.84. The molecule has 1 aromatic heterocycles. The Morgan fingerprint density at radius 1 is 1.08 bits per heavy atom. The van der Waals surface area contributed by atoms with E-state index in [1.807, 2.05) is 30.5 Å². The molecule has 3 aromatic rings. The number of nitrogens with zero attached hydrogens (tertiary/aromatic N) is 1. The third-order valence-electron chi connectivity index (χ3n) is 12.2. The lowest BCUT2D eigenvalue weighted by Crippen LogP contribution is -2.53. The first kappa shape index (κ1) is 33.7. The van der Waals surface area contributed by atoms with Crippen LogP contribution >= 0.6 is 11.6 Å². The van der Waals surface area contributed by atoms with Gasteiger partial charge in [0.05, 0.1) is 12.0 Å². The molecule has 9 heteroatoms. The Labute approximate surface area is 294 Å². The van der Waals surface area contributed by atoms with E-state index >= 15 is 0 Å². The third kappa shape index (κ3) is 6.49. The molecule has 4 aliphatic rings. The van der Waals surface area contributed by atoms with Crippen molar-refractivity contribution in [2.45, 2.75) is 101 Å². The number of carboxylic acids is 1. The van der Waals surface area contributed by atoms with Gasteiger partial charge in [-0.2, -0.15) is 0 Å². The minimum atomic E-state index is -1.09. The molecule has 4 N–H and O–H groups in total. The van der Waals surface area contributed by atoms with Gasteiger partial charge in [0.15, 0.2) is 0 Å². The summed E-state index contributed by atoms with van der Waals surface area (Å²) in [5.41, 5.74) is 9.54. The monoisotopic (exact) mass is 685 g/mol. The normalized spacial score (nSPS) is 27.1. The van der Waals surface area contributed by atoms with Crippen LogP contribution in [0, 0.1) is 17.3 Å². The Hall–Kier alpha value is -3.78. The Bertz CT molecular complexity index is 1730. The van der Waals surface area contributed by atoms with Gasteiger partial charge in [0.2, 0.25) is 5.91 Å². The van der Waals surface area contributed by atoms with E-state index < -0.39 is 16.9 Å². The number of amides is 1. The maximum atomic E-state index is 12.9. The summed E-state index contributed by atoms with van der Waals surface area (Å²) in [4.78, 5) is 29.6. The highest BCUT2D eigenvalue weighted by molar-refractivity contribution is 6.30. The van der Waals surface area contributed by atoms with Gasteiger partial charge >= 0.3 is 5.97 Å². The van der Waals surface area contributed by atoms with Gasteiger partial charge in [-0.05, 0) is 141 Å². The average molecular weight is 686 g/mol. The van der Waals surface area contributed by atoms with Crippen LogP contribution in [0.4, 0.5) is 5.69 Å². The SMILES string of the molecule is C[C@@H](COc1ccnc2c1[C@H](C)CCC2)C[C@H]1Cc2ccc(OCC3(C(N)=O)CC3)cc2C12CCC(Nc1cccc(Cl)c1)(C(=O)O)CC2. The first-order chi connectivity index (χ1) is 23.5. The van der Waals surface area contributed by atoms with Gasteiger partial charge in [0.25, 0.3) is 0 Å². The molecule has 3 atom stereocenters. The summed E-state index contributed by atoms with van der Waals surface area (Å²) in [5.74, 6) is 1.62. The number of nitrogens with one attached hydrogen (secondary N) is 1. The molecule has 1 spiro atoms. The Balaban J connectivity index is 1.13. The molecule has 0 bridgehead atoms. The maximum Gasteiger partial charge on any atom is 0.329 e. The Morgan fingerprint density at radius 3 is 2.59 bits per heavy atom. The molecule has 7 rings (SSSR count). The fourth-order valence-corrected chi connectivity index (χ4v) is 9.19. The van der Waals surface area contributed by atoms with Gasteiger partial charge in [-0.15, -0.1) is 0 Å². The summed E-state index contributed by atoms with van der Waals surface area (Å²) >= 11 is 6.27. The average Bonchev–Trinajstić information content (AvgIpc) is 3.83. The molecule has 0 aliphatic heterocycles. The lowest BCUT2D eigenvalue weighted by molar-refractivity contribution is -0.144. The fraction of sp³-hybridized carbons (Fsp3) is 0.525. The second-order valence-corrected chi connectivity index (χ2v) is 15.9. The number of halogens is 1. The number of rotatable bonds is 12. The second-order valence-electron chi connectivity index (χ2n) is 15.4. The molecular formula is C40H48ClN3O5. The zero-order chi connectivity index (χ0) is 34.4. The molecule has 1 amide bonds. The molecular weight excluding hydrogens is 638 g/mol. The highest BCUT2D eigenvalue weighted by atomic mass is 35.5. The molecule has 2 saturated carbocycles. The van der Waals surface area contributed by atoms with E-state index in [1.54, 1.807) is 12.1 Å². The van der Waals surface area contributed by atoms with Crippen molar-refractivity contribution < 1.29 is 24.2 Å². The van der Waals surface area contributed by atoms with Crippen LogP contribution < -0.4 is 20.5 Å². The number of aryl methyl sites for hydroxylation is 1. The number of carbonyl (C=O) groups excluding carboxylic acids is 1. The van der Waals surface area contributed by atoms with Crippen LogP contribution in [-0.2, 0) is 27.8 Å². The zero-order valence-corrected chi connectivity index (χ0v) is 29.4. The lowest BCUT2D eigenvalue weighted by atomic mass is 9.59. The Morgan fingerprint density at radius 2 is 1.88 bits per heavy atom. The molecule has 0 radical (unpaired) electrons. The van der Waals surface area contributed by atoms with E-state index in [4.69, 9.17) is 26.8 Å². The van der Waals surface area contributed by atoms with Gasteiger partial charge in [-0.1, -0.05) is 37.6 Å². The molecule has 0 saturated heterocycles. The number of aromatic nitrogens is 1. The number of benzene rings is 2. The molecule has 0 unspecified atom stereocenters. The number of hydrogen-bond acceptors (Lipinski definition) is 6. The molecule has 49 heavy (non-hydrogen) atoms. The van der Waals surface area contributed by atoms with Crippen LogP contribution in [0.25, 0.3) is 0 Å². The van der Waals surface area contributed by atoms with E-state index in [-0.39, 0.29) is 23.8 Å². The van der Waals surface area contributed by atoms with Crippen LogP contribution in [0.2, 0.25) is 5.02 Å². The van der Waals surface area contributed by atoms with Crippen molar-refractivity contribution in [2.75, 3.05) is 18.5 Å². The van der Waals surface area contributed by atoms with Crippen LogP contribution in [0.5, 0.6) is 11.5 Å². The molecule has 4 aliphatic carbocycles. The molecule has 260 valence electrons. The van der Waals surface area contributed by atoms with Crippen molar-refractivity contribution >= 4 is 29.2 Å². The van der Waals surface area contributed by atoms with Crippen molar-refractivity contribution in [3.63, 3.8) is 0 Å². The Kier molecular flexibility index (Phi) is 9.05. The summed E-state index contributed by atoms with van der Waals surface area (Å²) in [6, 6.07) is 15.7. The minimum Gasteiger partial charge on any atom is -0.493 e. The second kappa shape index (κ2) is 13.2. The molecule has 2 aromatic carbocycles. The number of carbonyl (C=O) groups is 2. The maximum absolute atomic E-state index is 12.9. The molecule has 2 fully saturated rings. The number of nitrogens with two attached hydrogens (primary N) is 1. The molecule has 1 heterocycles. The predicted molar refractivity (Wildman–Crippen MR) is 190 cm³/mol. The van der Waals surface area contributed by atoms with Crippen molar-refractivity contribution in [1.29, 1.82) is 0 Å². The van der Waals surface area contributed by atoms with Gasteiger partial charge in [-0.3, -0.25) is 9.78 Å². The number of pyridine rings is 1. The van der Waals surface area contributed by atoms with Crippen molar-refractivity contribution in [2.24, 2.45) is 23.0 Å². The van der Waals surface area contributed by atoms with Crippen LogP contribution in [0.3, 0.4) is 0 Å². The number of anilines is 1.